The lowest BCUT2D eigenvalue weighted by Gasteiger charge is -2.25. The van der Waals surface area contributed by atoms with Crippen LogP contribution >= 0.6 is 58.2 Å². The van der Waals surface area contributed by atoms with E-state index in [0.717, 1.165) is 4.90 Å². The number of alkyl halides is 3. The second-order valence-corrected chi connectivity index (χ2v) is 8.44. The van der Waals surface area contributed by atoms with Crippen LogP contribution in [0.3, 0.4) is 0 Å². The van der Waals surface area contributed by atoms with Gasteiger partial charge in [0.1, 0.15) is 5.37 Å². The second-order valence-electron chi connectivity index (χ2n) is 4.46. The molecule has 2 aromatic carbocycles. The Kier molecular flexibility index (Phi) is 6.74. The minimum Gasteiger partial charge on any atom is -0.321 e. The summed E-state index contributed by atoms with van der Waals surface area (Å²) in [6.07, 6.45) is 0. The van der Waals surface area contributed by atoms with Crippen molar-refractivity contribution >= 4 is 69.9 Å². The van der Waals surface area contributed by atoms with Crippen molar-refractivity contribution in [3.63, 3.8) is 0 Å². The molecular formula is C15H12Cl4N2OS. The quantitative estimate of drug-likeness (QED) is 0.372. The molecule has 0 saturated heterocycles. The summed E-state index contributed by atoms with van der Waals surface area (Å²) in [6, 6.07) is 15.5. The Morgan fingerprint density at radius 3 is 2.17 bits per heavy atom. The smallest absolute Gasteiger partial charge is 0.320 e. The van der Waals surface area contributed by atoms with E-state index < -0.39 is 15.2 Å². The number of thioether (sulfide) groups is 1. The summed E-state index contributed by atoms with van der Waals surface area (Å²) in [6.45, 7) is 0. The van der Waals surface area contributed by atoms with Crippen molar-refractivity contribution in [3.8, 4) is 0 Å². The molecule has 0 bridgehead atoms. The molecule has 0 aromatic heterocycles. The Morgan fingerprint density at radius 1 is 1.00 bits per heavy atom. The molecule has 0 spiro atoms. The lowest BCUT2D eigenvalue weighted by Crippen LogP contribution is -2.43. The standard InChI is InChI=1S/C15H12Cl4N2OS/c16-10-6-8-12(9-7-10)23-13(15(17,18)19)21-14(22)20-11-4-2-1-3-5-11/h1-9,13H,(H2,20,21,22). The third-order valence-corrected chi connectivity index (χ3v) is 5.20. The van der Waals surface area contributed by atoms with E-state index in [2.05, 4.69) is 10.6 Å². The maximum atomic E-state index is 12.1. The number of carbonyl (C=O) groups is 1. The second kappa shape index (κ2) is 8.36. The summed E-state index contributed by atoms with van der Waals surface area (Å²) >= 11 is 25.0. The van der Waals surface area contributed by atoms with Crippen molar-refractivity contribution in [2.24, 2.45) is 0 Å². The number of rotatable bonds is 4. The first-order chi connectivity index (χ1) is 10.8. The highest BCUT2D eigenvalue weighted by molar-refractivity contribution is 8.00. The summed E-state index contributed by atoms with van der Waals surface area (Å²) < 4.78 is -1.68. The molecule has 0 fully saturated rings. The van der Waals surface area contributed by atoms with Crippen LogP contribution in [0.25, 0.3) is 0 Å². The van der Waals surface area contributed by atoms with Gasteiger partial charge in [-0.1, -0.05) is 76.4 Å². The molecule has 2 rings (SSSR count). The molecule has 2 amide bonds. The Balaban J connectivity index is 2.04. The molecule has 0 heterocycles. The minimum atomic E-state index is -1.68. The van der Waals surface area contributed by atoms with Crippen molar-refractivity contribution < 1.29 is 4.79 Å². The topological polar surface area (TPSA) is 41.1 Å². The van der Waals surface area contributed by atoms with Gasteiger partial charge in [0.25, 0.3) is 0 Å². The zero-order chi connectivity index (χ0) is 16.9. The molecule has 2 N–H and O–H groups in total. The molecule has 1 unspecified atom stereocenters. The van der Waals surface area contributed by atoms with Crippen molar-refractivity contribution in [2.45, 2.75) is 14.1 Å². The first kappa shape index (κ1) is 18.6. The van der Waals surface area contributed by atoms with Gasteiger partial charge in [0.2, 0.25) is 3.79 Å². The van der Waals surface area contributed by atoms with E-state index >= 15 is 0 Å². The molecular weight excluding hydrogens is 398 g/mol. The number of para-hydroxylation sites is 1. The highest BCUT2D eigenvalue weighted by Crippen LogP contribution is 2.39. The highest BCUT2D eigenvalue weighted by Gasteiger charge is 2.35. The molecule has 3 nitrogen and oxygen atoms in total. The van der Waals surface area contributed by atoms with E-state index in [1.54, 1.807) is 36.4 Å². The fourth-order valence-electron chi connectivity index (χ4n) is 1.64. The third-order valence-electron chi connectivity index (χ3n) is 2.66. The Labute approximate surface area is 158 Å². The number of hydrogen-bond donors (Lipinski definition) is 2. The van der Waals surface area contributed by atoms with Gasteiger partial charge in [-0.05, 0) is 36.4 Å². The van der Waals surface area contributed by atoms with Crippen LogP contribution in [0.1, 0.15) is 0 Å². The van der Waals surface area contributed by atoms with E-state index in [1.807, 2.05) is 18.2 Å². The fraction of sp³-hybridized carbons (Fsp3) is 0.133. The van der Waals surface area contributed by atoms with Crippen LogP contribution in [-0.4, -0.2) is 15.2 Å². The molecule has 8 heteroatoms. The van der Waals surface area contributed by atoms with Gasteiger partial charge in [-0.3, -0.25) is 0 Å². The first-order valence-electron chi connectivity index (χ1n) is 6.46. The van der Waals surface area contributed by atoms with Gasteiger partial charge in [-0.15, -0.1) is 0 Å². The third kappa shape index (κ3) is 6.32. The van der Waals surface area contributed by atoms with E-state index in [1.165, 1.54) is 11.8 Å². The largest absolute Gasteiger partial charge is 0.321 e. The fourth-order valence-corrected chi connectivity index (χ4v) is 3.19. The molecule has 0 aliphatic heterocycles. The zero-order valence-corrected chi connectivity index (χ0v) is 15.4. The van der Waals surface area contributed by atoms with Crippen LogP contribution in [0.4, 0.5) is 10.5 Å². The van der Waals surface area contributed by atoms with E-state index in [4.69, 9.17) is 46.4 Å². The normalized spacial score (nSPS) is 12.5. The maximum absolute atomic E-state index is 12.1. The van der Waals surface area contributed by atoms with Gasteiger partial charge in [0.05, 0.1) is 0 Å². The first-order valence-corrected chi connectivity index (χ1v) is 8.85. The number of halogens is 4. The van der Waals surface area contributed by atoms with Gasteiger partial charge >= 0.3 is 6.03 Å². The predicted molar refractivity (Wildman–Crippen MR) is 100.0 cm³/mol. The van der Waals surface area contributed by atoms with Crippen LogP contribution in [0.5, 0.6) is 0 Å². The molecule has 0 radical (unpaired) electrons. The Morgan fingerprint density at radius 2 is 1.61 bits per heavy atom. The van der Waals surface area contributed by atoms with Gasteiger partial charge < -0.3 is 10.6 Å². The lowest BCUT2D eigenvalue weighted by molar-refractivity contribution is 0.251. The van der Waals surface area contributed by atoms with Crippen LogP contribution in [0.15, 0.2) is 59.5 Å². The van der Waals surface area contributed by atoms with Crippen LogP contribution < -0.4 is 10.6 Å². The lowest BCUT2D eigenvalue weighted by atomic mass is 10.3. The number of benzene rings is 2. The number of urea groups is 1. The summed E-state index contributed by atoms with van der Waals surface area (Å²) in [7, 11) is 0. The summed E-state index contributed by atoms with van der Waals surface area (Å²) in [5, 5.41) is 5.16. The zero-order valence-electron chi connectivity index (χ0n) is 11.6. The Hall–Kier alpha value is -0.780. The van der Waals surface area contributed by atoms with Crippen molar-refractivity contribution in [1.29, 1.82) is 0 Å². The van der Waals surface area contributed by atoms with Crippen molar-refractivity contribution in [3.05, 3.63) is 59.6 Å². The molecule has 2 aromatic rings. The van der Waals surface area contributed by atoms with Crippen LogP contribution in [-0.2, 0) is 0 Å². The van der Waals surface area contributed by atoms with E-state index in [-0.39, 0.29) is 0 Å². The number of nitrogens with one attached hydrogen (secondary N) is 2. The Bertz CT molecular complexity index is 647. The number of carbonyl (C=O) groups excluding carboxylic acids is 1. The molecule has 0 saturated carbocycles. The average Bonchev–Trinajstić information content (AvgIpc) is 2.49. The van der Waals surface area contributed by atoms with Crippen molar-refractivity contribution in [1.82, 2.24) is 5.32 Å². The minimum absolute atomic E-state index is 0.464. The van der Waals surface area contributed by atoms with Gasteiger partial charge in [0.15, 0.2) is 0 Å². The molecule has 122 valence electrons. The average molecular weight is 410 g/mol. The van der Waals surface area contributed by atoms with Gasteiger partial charge in [-0.25, -0.2) is 4.79 Å². The predicted octanol–water partition coefficient (Wildman–Crippen LogP) is 5.95. The van der Waals surface area contributed by atoms with E-state index in [9.17, 15) is 4.79 Å². The van der Waals surface area contributed by atoms with Crippen molar-refractivity contribution in [2.75, 3.05) is 5.32 Å². The monoisotopic (exact) mass is 408 g/mol. The van der Waals surface area contributed by atoms with Crippen LogP contribution in [0.2, 0.25) is 5.02 Å². The number of anilines is 1. The summed E-state index contributed by atoms with van der Waals surface area (Å²) in [5.41, 5.74) is 0.643. The molecule has 1 atom stereocenters. The van der Waals surface area contributed by atoms with Gasteiger partial charge in [0, 0.05) is 15.6 Å². The maximum Gasteiger partial charge on any atom is 0.320 e. The molecule has 23 heavy (non-hydrogen) atoms. The number of amides is 2. The SMILES string of the molecule is O=C(Nc1ccccc1)NC(Sc1ccc(Cl)cc1)C(Cl)(Cl)Cl. The highest BCUT2D eigenvalue weighted by atomic mass is 35.6. The molecule has 0 aliphatic carbocycles. The number of hydrogen-bond acceptors (Lipinski definition) is 2. The summed E-state index contributed by atoms with van der Waals surface area (Å²) in [4.78, 5) is 12.9. The van der Waals surface area contributed by atoms with Crippen LogP contribution in [0, 0.1) is 0 Å². The van der Waals surface area contributed by atoms with Gasteiger partial charge in [-0.2, -0.15) is 0 Å². The molecule has 0 aliphatic rings. The summed E-state index contributed by atoms with van der Waals surface area (Å²) in [5.74, 6) is 0. The van der Waals surface area contributed by atoms with E-state index in [0.29, 0.717) is 10.7 Å².